The van der Waals surface area contributed by atoms with Crippen LogP contribution in [0.4, 0.5) is 5.69 Å². The van der Waals surface area contributed by atoms with Crippen LogP contribution in [0, 0.1) is 5.92 Å². The van der Waals surface area contributed by atoms with Crippen molar-refractivity contribution in [3.63, 3.8) is 0 Å². The number of benzene rings is 3. The molecule has 2 N–H and O–H groups in total. The summed E-state index contributed by atoms with van der Waals surface area (Å²) in [6.07, 6.45) is -0.240. The number of hydrogen-bond acceptors (Lipinski definition) is 6. The average molecular weight is 538 g/mol. The van der Waals surface area contributed by atoms with Crippen molar-refractivity contribution in [1.82, 2.24) is 9.80 Å². The first-order chi connectivity index (χ1) is 18.2. The lowest BCUT2D eigenvalue weighted by molar-refractivity contribution is 0.0341. The van der Waals surface area contributed by atoms with Crippen molar-refractivity contribution in [2.24, 2.45) is 5.92 Å². The van der Waals surface area contributed by atoms with Gasteiger partial charge in [0, 0.05) is 31.2 Å². The van der Waals surface area contributed by atoms with Crippen LogP contribution in [0.1, 0.15) is 29.8 Å². The van der Waals surface area contributed by atoms with Crippen molar-refractivity contribution in [3.8, 4) is 5.75 Å². The number of amides is 1. The lowest BCUT2D eigenvalue weighted by Gasteiger charge is -2.38. The van der Waals surface area contributed by atoms with Gasteiger partial charge in [-0.25, -0.2) is 8.42 Å². The van der Waals surface area contributed by atoms with Gasteiger partial charge in [-0.3, -0.25) is 14.4 Å². The smallest absolute Gasteiger partial charge is 0.261 e. The van der Waals surface area contributed by atoms with E-state index >= 15 is 0 Å². The minimum atomic E-state index is -3.84. The molecule has 1 aliphatic heterocycles. The van der Waals surface area contributed by atoms with Crippen molar-refractivity contribution in [1.29, 1.82) is 0 Å². The summed E-state index contributed by atoms with van der Waals surface area (Å²) in [5.41, 5.74) is 1.70. The topological polar surface area (TPSA) is 99.2 Å². The van der Waals surface area contributed by atoms with Gasteiger partial charge in [0.05, 0.1) is 23.1 Å². The van der Waals surface area contributed by atoms with Crippen LogP contribution in [0.3, 0.4) is 0 Å². The highest BCUT2D eigenvalue weighted by atomic mass is 32.2. The molecule has 0 radical (unpaired) electrons. The second-order valence-corrected chi connectivity index (χ2v) is 11.6. The molecule has 0 aliphatic carbocycles. The van der Waals surface area contributed by atoms with Crippen molar-refractivity contribution in [3.05, 3.63) is 90.0 Å². The van der Waals surface area contributed by atoms with Crippen molar-refractivity contribution < 1.29 is 23.1 Å². The van der Waals surface area contributed by atoms with E-state index in [2.05, 4.69) is 21.8 Å². The minimum absolute atomic E-state index is 0.0180. The zero-order chi connectivity index (χ0) is 27.3. The van der Waals surface area contributed by atoms with E-state index in [0.29, 0.717) is 18.8 Å². The molecule has 1 amide bonds. The number of fused-ring (bicyclic) bond motifs is 1. The molecule has 1 aliphatic rings. The van der Waals surface area contributed by atoms with Gasteiger partial charge in [0.1, 0.15) is 11.9 Å². The maximum absolute atomic E-state index is 13.6. The lowest BCUT2D eigenvalue weighted by Crippen LogP contribution is -2.49. The molecule has 9 heteroatoms. The van der Waals surface area contributed by atoms with Crippen molar-refractivity contribution in [2.45, 2.75) is 37.4 Å². The summed E-state index contributed by atoms with van der Waals surface area (Å²) >= 11 is 0. The summed E-state index contributed by atoms with van der Waals surface area (Å²) in [7, 11) is -1.80. The van der Waals surface area contributed by atoms with E-state index < -0.39 is 16.1 Å². The second-order valence-electron chi connectivity index (χ2n) is 9.93. The van der Waals surface area contributed by atoms with Gasteiger partial charge in [-0.15, -0.1) is 0 Å². The molecule has 0 bridgehead atoms. The zero-order valence-corrected chi connectivity index (χ0v) is 22.8. The third-order valence-electron chi connectivity index (χ3n) is 6.76. The van der Waals surface area contributed by atoms with E-state index in [1.165, 1.54) is 23.8 Å². The Morgan fingerprint density at radius 1 is 1.08 bits per heavy atom. The molecule has 0 spiro atoms. The Kier molecular flexibility index (Phi) is 8.71. The normalized spacial score (nSPS) is 18.8. The van der Waals surface area contributed by atoms with Crippen LogP contribution in [-0.2, 0) is 16.6 Å². The number of carbonyl (C=O) groups excluding carboxylic acids is 1. The van der Waals surface area contributed by atoms with Gasteiger partial charge < -0.3 is 14.7 Å². The first-order valence-electron chi connectivity index (χ1n) is 12.7. The molecular weight excluding hydrogens is 502 g/mol. The quantitative estimate of drug-likeness (QED) is 0.430. The van der Waals surface area contributed by atoms with Gasteiger partial charge >= 0.3 is 0 Å². The van der Waals surface area contributed by atoms with Gasteiger partial charge in [-0.1, -0.05) is 55.5 Å². The SMILES string of the molecule is C[C@@H]1CN([C@@H](C)CO)C(=O)c2cc(NS(=O)(=O)c3ccccc3)ccc2O[C@H]1CN(C)Cc1ccccc1. The van der Waals surface area contributed by atoms with Crippen molar-refractivity contribution in [2.75, 3.05) is 31.5 Å². The summed E-state index contributed by atoms with van der Waals surface area (Å²) in [5.74, 6) is 0.0540. The fraction of sp³-hybridized carbons (Fsp3) is 0.345. The molecule has 8 nitrogen and oxygen atoms in total. The van der Waals surface area contributed by atoms with E-state index in [0.717, 1.165) is 6.54 Å². The predicted molar refractivity (Wildman–Crippen MR) is 148 cm³/mol. The maximum Gasteiger partial charge on any atom is 0.261 e. The predicted octanol–water partition coefficient (Wildman–Crippen LogP) is 3.84. The number of nitrogens with zero attached hydrogens (tertiary/aromatic N) is 2. The third kappa shape index (κ3) is 6.53. The van der Waals surface area contributed by atoms with Crippen LogP contribution in [0.2, 0.25) is 0 Å². The fourth-order valence-electron chi connectivity index (χ4n) is 4.58. The highest BCUT2D eigenvalue weighted by Gasteiger charge is 2.33. The number of aliphatic hydroxyl groups excluding tert-OH is 1. The lowest BCUT2D eigenvalue weighted by atomic mass is 9.99. The first-order valence-corrected chi connectivity index (χ1v) is 14.2. The standard InChI is InChI=1S/C29H35N3O5S/c1-21-17-32(22(2)20-33)29(34)26-16-24(30-38(35,36)25-12-8-5-9-13-25)14-15-27(26)37-28(21)19-31(3)18-23-10-6-4-7-11-23/h4-16,21-22,28,30,33H,17-20H2,1-3H3/t21-,22+,28+/m1/s1. The Morgan fingerprint density at radius 2 is 1.74 bits per heavy atom. The Morgan fingerprint density at radius 3 is 2.39 bits per heavy atom. The zero-order valence-electron chi connectivity index (χ0n) is 21.9. The summed E-state index contributed by atoms with van der Waals surface area (Å²) in [6.45, 7) is 5.41. The number of aliphatic hydroxyl groups is 1. The largest absolute Gasteiger partial charge is 0.488 e. The Bertz CT molecular complexity index is 1330. The molecule has 4 rings (SSSR count). The van der Waals surface area contributed by atoms with E-state index in [9.17, 15) is 18.3 Å². The van der Waals surface area contributed by atoms with Gasteiger partial charge in [-0.2, -0.15) is 0 Å². The van der Waals surface area contributed by atoms with Crippen LogP contribution < -0.4 is 9.46 Å². The number of hydrogen-bond donors (Lipinski definition) is 2. The summed E-state index contributed by atoms with van der Waals surface area (Å²) in [4.78, 5) is 17.6. The molecule has 3 aromatic rings. The highest BCUT2D eigenvalue weighted by Crippen LogP contribution is 2.31. The number of rotatable bonds is 9. The van der Waals surface area contributed by atoms with Crippen LogP contribution >= 0.6 is 0 Å². The minimum Gasteiger partial charge on any atom is -0.488 e. The summed E-state index contributed by atoms with van der Waals surface area (Å²) in [6, 6.07) is 22.6. The van der Waals surface area contributed by atoms with Crippen LogP contribution in [0.5, 0.6) is 5.75 Å². The van der Waals surface area contributed by atoms with Crippen LogP contribution in [0.15, 0.2) is 83.8 Å². The van der Waals surface area contributed by atoms with Crippen LogP contribution in [0.25, 0.3) is 0 Å². The number of anilines is 1. The first kappa shape index (κ1) is 27.6. The van der Waals surface area contributed by atoms with E-state index in [1.807, 2.05) is 32.2 Å². The molecule has 0 unspecified atom stereocenters. The van der Waals surface area contributed by atoms with Crippen LogP contribution in [-0.4, -0.2) is 68.1 Å². The number of likely N-dealkylation sites (N-methyl/N-ethyl adjacent to an activating group) is 1. The molecule has 0 saturated heterocycles. The molecule has 0 fully saturated rings. The van der Waals surface area contributed by atoms with Gasteiger partial charge in [-0.05, 0) is 49.9 Å². The second kappa shape index (κ2) is 12.0. The average Bonchev–Trinajstić information content (AvgIpc) is 2.91. The summed E-state index contributed by atoms with van der Waals surface area (Å²) in [5, 5.41) is 9.89. The Labute approximate surface area is 224 Å². The molecular formula is C29H35N3O5S. The Balaban J connectivity index is 1.63. The highest BCUT2D eigenvalue weighted by molar-refractivity contribution is 7.92. The molecule has 3 aromatic carbocycles. The maximum atomic E-state index is 13.6. The van der Waals surface area contributed by atoms with E-state index in [-0.39, 0.29) is 40.7 Å². The Hall–Kier alpha value is -3.40. The molecule has 0 aromatic heterocycles. The number of sulfonamides is 1. The molecule has 38 heavy (non-hydrogen) atoms. The molecule has 202 valence electrons. The van der Waals surface area contributed by atoms with Gasteiger partial charge in [0.15, 0.2) is 0 Å². The third-order valence-corrected chi connectivity index (χ3v) is 8.15. The number of nitrogens with one attached hydrogen (secondary N) is 1. The monoisotopic (exact) mass is 537 g/mol. The number of ether oxygens (including phenoxy) is 1. The van der Waals surface area contributed by atoms with E-state index in [4.69, 9.17) is 4.74 Å². The fourth-order valence-corrected chi connectivity index (χ4v) is 5.66. The molecule has 1 heterocycles. The summed E-state index contributed by atoms with van der Waals surface area (Å²) < 4.78 is 34.8. The number of carbonyl (C=O) groups is 1. The molecule has 0 saturated carbocycles. The van der Waals surface area contributed by atoms with E-state index in [1.54, 1.807) is 42.2 Å². The van der Waals surface area contributed by atoms with Crippen molar-refractivity contribution >= 4 is 21.6 Å². The molecule has 3 atom stereocenters. The van der Waals surface area contributed by atoms with Gasteiger partial charge in [0.25, 0.3) is 15.9 Å². The van der Waals surface area contributed by atoms with Gasteiger partial charge in [0.2, 0.25) is 0 Å².